The van der Waals surface area contributed by atoms with Crippen molar-refractivity contribution in [2.75, 3.05) is 6.54 Å². The van der Waals surface area contributed by atoms with Gasteiger partial charge in [-0.25, -0.2) is 0 Å². The van der Waals surface area contributed by atoms with E-state index in [-0.39, 0.29) is 0 Å². The molecule has 1 aromatic rings. The highest BCUT2D eigenvalue weighted by atomic mass is 35.5. The fourth-order valence-electron chi connectivity index (χ4n) is 1.53. The Morgan fingerprint density at radius 2 is 2.15 bits per heavy atom. The Labute approximate surface area is 83.4 Å². The van der Waals surface area contributed by atoms with E-state index in [1.54, 1.807) is 0 Å². The average molecular weight is 194 g/mol. The van der Waals surface area contributed by atoms with Gasteiger partial charge >= 0.3 is 0 Å². The van der Waals surface area contributed by atoms with E-state index in [0.29, 0.717) is 0 Å². The van der Waals surface area contributed by atoms with Gasteiger partial charge in [0.25, 0.3) is 0 Å². The average Bonchev–Trinajstić information content (AvgIpc) is 2.61. The lowest BCUT2D eigenvalue weighted by Gasteiger charge is -2.05. The second kappa shape index (κ2) is 3.84. The molecule has 0 amide bonds. The fourth-order valence-corrected chi connectivity index (χ4v) is 1.74. The Morgan fingerprint density at radius 3 is 2.85 bits per heavy atom. The van der Waals surface area contributed by atoms with Crippen LogP contribution in [0.15, 0.2) is 36.0 Å². The predicted molar refractivity (Wildman–Crippen MR) is 55.9 cm³/mol. The van der Waals surface area contributed by atoms with Gasteiger partial charge in [0.1, 0.15) is 0 Å². The van der Waals surface area contributed by atoms with Crippen LogP contribution in [0.1, 0.15) is 12.0 Å². The first-order valence-corrected chi connectivity index (χ1v) is 4.90. The van der Waals surface area contributed by atoms with Crippen molar-refractivity contribution in [3.8, 4) is 0 Å². The Hall–Kier alpha value is -0.950. The van der Waals surface area contributed by atoms with Crippen molar-refractivity contribution in [3.63, 3.8) is 0 Å². The maximum Gasteiger partial charge on any atom is 0.0441 e. The van der Waals surface area contributed by atoms with Crippen molar-refractivity contribution >= 4 is 11.6 Å². The summed E-state index contributed by atoms with van der Waals surface area (Å²) in [6.45, 7) is 1.07. The summed E-state index contributed by atoms with van der Waals surface area (Å²) in [5.74, 6) is 0. The SMILES string of the molecule is Clc1ccccc1CC1=CCCN1. The number of hydrogen-bond acceptors (Lipinski definition) is 1. The lowest BCUT2D eigenvalue weighted by Crippen LogP contribution is -2.09. The second-order valence-corrected chi connectivity index (χ2v) is 3.62. The highest BCUT2D eigenvalue weighted by Gasteiger charge is 2.05. The Kier molecular flexibility index (Phi) is 2.55. The Bertz CT molecular complexity index is 331. The van der Waals surface area contributed by atoms with Gasteiger partial charge in [0, 0.05) is 23.7 Å². The Morgan fingerprint density at radius 1 is 1.31 bits per heavy atom. The quantitative estimate of drug-likeness (QED) is 0.762. The van der Waals surface area contributed by atoms with Crippen molar-refractivity contribution in [1.29, 1.82) is 0 Å². The molecule has 1 aliphatic heterocycles. The van der Waals surface area contributed by atoms with E-state index >= 15 is 0 Å². The molecule has 0 saturated carbocycles. The molecule has 0 spiro atoms. The topological polar surface area (TPSA) is 12.0 Å². The summed E-state index contributed by atoms with van der Waals surface area (Å²) in [4.78, 5) is 0. The number of hydrogen-bond donors (Lipinski definition) is 1. The van der Waals surface area contributed by atoms with E-state index < -0.39 is 0 Å². The molecule has 0 radical (unpaired) electrons. The minimum absolute atomic E-state index is 0.858. The molecule has 0 atom stereocenters. The van der Waals surface area contributed by atoms with Gasteiger partial charge in [0.05, 0.1) is 0 Å². The first-order chi connectivity index (χ1) is 6.36. The second-order valence-electron chi connectivity index (χ2n) is 3.21. The highest BCUT2D eigenvalue weighted by Crippen LogP contribution is 2.18. The molecule has 0 bridgehead atoms. The Balaban J connectivity index is 2.13. The van der Waals surface area contributed by atoms with Gasteiger partial charge in [-0.1, -0.05) is 35.9 Å². The molecule has 13 heavy (non-hydrogen) atoms. The maximum absolute atomic E-state index is 6.05. The van der Waals surface area contributed by atoms with Crippen LogP contribution in [0, 0.1) is 0 Å². The van der Waals surface area contributed by atoms with Crippen LogP contribution in [0.4, 0.5) is 0 Å². The molecule has 0 aliphatic carbocycles. The van der Waals surface area contributed by atoms with Crippen LogP contribution in [0.25, 0.3) is 0 Å². The van der Waals surface area contributed by atoms with Gasteiger partial charge in [0.2, 0.25) is 0 Å². The lowest BCUT2D eigenvalue weighted by atomic mass is 10.1. The van der Waals surface area contributed by atoms with Crippen molar-refractivity contribution < 1.29 is 0 Å². The number of halogens is 1. The summed E-state index contributed by atoms with van der Waals surface area (Å²) in [7, 11) is 0. The largest absolute Gasteiger partial charge is 0.388 e. The summed E-state index contributed by atoms with van der Waals surface area (Å²) >= 11 is 6.05. The third kappa shape index (κ3) is 2.04. The maximum atomic E-state index is 6.05. The number of benzene rings is 1. The van der Waals surface area contributed by atoms with Crippen LogP contribution >= 0.6 is 11.6 Å². The van der Waals surface area contributed by atoms with E-state index in [4.69, 9.17) is 11.6 Å². The smallest absolute Gasteiger partial charge is 0.0441 e. The minimum atomic E-state index is 0.858. The molecule has 2 heteroatoms. The van der Waals surface area contributed by atoms with Crippen LogP contribution in [-0.4, -0.2) is 6.54 Å². The molecule has 0 fully saturated rings. The zero-order chi connectivity index (χ0) is 9.10. The zero-order valence-corrected chi connectivity index (χ0v) is 8.14. The van der Waals surface area contributed by atoms with Crippen molar-refractivity contribution in [2.45, 2.75) is 12.8 Å². The van der Waals surface area contributed by atoms with E-state index in [1.165, 1.54) is 11.3 Å². The van der Waals surface area contributed by atoms with Gasteiger partial charge in [-0.05, 0) is 18.1 Å². The van der Waals surface area contributed by atoms with Crippen LogP contribution < -0.4 is 5.32 Å². The molecule has 1 aliphatic rings. The molecule has 1 heterocycles. The molecule has 0 aromatic heterocycles. The molecule has 0 saturated heterocycles. The summed E-state index contributed by atoms with van der Waals surface area (Å²) < 4.78 is 0. The normalized spacial score (nSPS) is 15.3. The molecule has 1 aromatic carbocycles. The van der Waals surface area contributed by atoms with E-state index in [1.807, 2.05) is 18.2 Å². The molecule has 68 valence electrons. The van der Waals surface area contributed by atoms with Crippen LogP contribution in [0.3, 0.4) is 0 Å². The van der Waals surface area contributed by atoms with Gasteiger partial charge < -0.3 is 5.32 Å². The van der Waals surface area contributed by atoms with Crippen LogP contribution in [0.2, 0.25) is 5.02 Å². The van der Waals surface area contributed by atoms with Crippen molar-refractivity contribution in [2.24, 2.45) is 0 Å². The monoisotopic (exact) mass is 193 g/mol. The first kappa shape index (κ1) is 8.64. The predicted octanol–water partition coefficient (Wildman–Crippen LogP) is 2.76. The number of nitrogens with one attached hydrogen (secondary N) is 1. The van der Waals surface area contributed by atoms with Crippen LogP contribution in [-0.2, 0) is 6.42 Å². The molecular formula is C11H12ClN. The van der Waals surface area contributed by atoms with E-state index in [9.17, 15) is 0 Å². The first-order valence-electron chi connectivity index (χ1n) is 4.52. The molecule has 2 rings (SSSR count). The van der Waals surface area contributed by atoms with Gasteiger partial charge in [-0.2, -0.15) is 0 Å². The highest BCUT2D eigenvalue weighted by molar-refractivity contribution is 6.31. The fraction of sp³-hybridized carbons (Fsp3) is 0.273. The molecular weight excluding hydrogens is 182 g/mol. The summed E-state index contributed by atoms with van der Waals surface area (Å²) in [6, 6.07) is 7.99. The van der Waals surface area contributed by atoms with Crippen molar-refractivity contribution in [1.82, 2.24) is 5.32 Å². The summed E-state index contributed by atoms with van der Waals surface area (Å²) in [5.41, 5.74) is 2.50. The third-order valence-electron chi connectivity index (χ3n) is 2.23. The minimum Gasteiger partial charge on any atom is -0.388 e. The summed E-state index contributed by atoms with van der Waals surface area (Å²) in [5, 5.41) is 4.19. The van der Waals surface area contributed by atoms with Crippen LogP contribution in [0.5, 0.6) is 0 Å². The summed E-state index contributed by atoms with van der Waals surface area (Å²) in [6.07, 6.45) is 4.31. The molecule has 1 N–H and O–H groups in total. The van der Waals surface area contributed by atoms with E-state index in [2.05, 4.69) is 17.5 Å². The standard InChI is InChI=1S/C11H12ClN/c12-11-6-2-1-4-9(11)8-10-5-3-7-13-10/h1-2,4-6,13H,3,7-8H2. The molecule has 1 nitrogen and oxygen atoms in total. The third-order valence-corrected chi connectivity index (χ3v) is 2.59. The lowest BCUT2D eigenvalue weighted by molar-refractivity contribution is 0.847. The van der Waals surface area contributed by atoms with Crippen molar-refractivity contribution in [3.05, 3.63) is 46.6 Å². The number of rotatable bonds is 2. The van der Waals surface area contributed by atoms with Gasteiger partial charge in [-0.15, -0.1) is 0 Å². The van der Waals surface area contributed by atoms with E-state index in [0.717, 1.165) is 24.4 Å². The number of allylic oxidation sites excluding steroid dienone is 1. The van der Waals surface area contributed by atoms with Gasteiger partial charge in [0.15, 0.2) is 0 Å². The molecule has 0 unspecified atom stereocenters. The van der Waals surface area contributed by atoms with Gasteiger partial charge in [-0.3, -0.25) is 0 Å². The zero-order valence-electron chi connectivity index (χ0n) is 7.39.